The van der Waals surface area contributed by atoms with Gasteiger partial charge in [0.25, 0.3) is 0 Å². The summed E-state index contributed by atoms with van der Waals surface area (Å²) in [5.41, 5.74) is 1.88. The van der Waals surface area contributed by atoms with Crippen LogP contribution in [0.4, 0.5) is 0 Å². The monoisotopic (exact) mass is 424 g/mol. The number of hydrogen-bond acceptors (Lipinski definition) is 6. The molecular formula is C20H13ClN4OS2. The lowest BCUT2D eigenvalue weighted by Gasteiger charge is -2.08. The highest BCUT2D eigenvalue weighted by atomic mass is 35.5. The maximum atomic E-state index is 10.5. The van der Waals surface area contributed by atoms with Crippen molar-refractivity contribution in [1.29, 1.82) is 5.26 Å². The predicted octanol–water partition coefficient (Wildman–Crippen LogP) is 5.72. The number of thioether (sulfide) groups is 1. The van der Waals surface area contributed by atoms with Gasteiger partial charge >= 0.3 is 0 Å². The zero-order valence-corrected chi connectivity index (χ0v) is 16.8. The quantitative estimate of drug-likeness (QED) is 0.252. The highest BCUT2D eigenvalue weighted by Crippen LogP contribution is 2.30. The van der Waals surface area contributed by atoms with E-state index >= 15 is 0 Å². The predicted molar refractivity (Wildman–Crippen MR) is 114 cm³/mol. The second-order valence-corrected chi connectivity index (χ2v) is 8.18. The Labute approximate surface area is 174 Å². The fraction of sp³-hybridized carbons (Fsp3) is 0.0500. The molecule has 0 aliphatic rings. The molecule has 2 aromatic carbocycles. The molecule has 0 unspecified atom stereocenters. The molecule has 0 radical (unpaired) electrons. The van der Waals surface area contributed by atoms with Crippen LogP contribution in [-0.4, -0.2) is 25.4 Å². The van der Waals surface area contributed by atoms with E-state index in [0.29, 0.717) is 15.2 Å². The molecule has 0 bridgehead atoms. The molecule has 0 atom stereocenters. The number of halogens is 1. The first kappa shape index (κ1) is 18.6. The summed E-state index contributed by atoms with van der Waals surface area (Å²) in [6, 6.07) is 17.2. The van der Waals surface area contributed by atoms with Gasteiger partial charge in [-0.05, 0) is 30.3 Å². The number of nitriles is 1. The van der Waals surface area contributed by atoms with Crippen LogP contribution >= 0.6 is 34.7 Å². The van der Waals surface area contributed by atoms with Crippen LogP contribution < -0.4 is 0 Å². The number of imidazole rings is 1. The average Bonchev–Trinajstić information content (AvgIpc) is 3.33. The van der Waals surface area contributed by atoms with Gasteiger partial charge < -0.3 is 5.11 Å². The minimum atomic E-state index is -0.0211. The first-order chi connectivity index (χ1) is 13.7. The molecule has 5 nitrogen and oxygen atoms in total. The lowest BCUT2D eigenvalue weighted by molar-refractivity contribution is 0.420. The van der Waals surface area contributed by atoms with Crippen LogP contribution in [0.2, 0.25) is 5.02 Å². The Kier molecular flexibility index (Phi) is 5.35. The largest absolute Gasteiger partial charge is 0.510 e. The van der Waals surface area contributed by atoms with Crippen molar-refractivity contribution in [2.75, 3.05) is 5.75 Å². The van der Waals surface area contributed by atoms with Crippen LogP contribution in [0.25, 0.3) is 21.5 Å². The Bertz CT molecular complexity index is 1190. The van der Waals surface area contributed by atoms with Crippen molar-refractivity contribution in [3.63, 3.8) is 0 Å². The molecule has 0 aliphatic heterocycles. The summed E-state index contributed by atoms with van der Waals surface area (Å²) < 4.78 is 2.86. The van der Waals surface area contributed by atoms with Crippen molar-refractivity contribution in [2.45, 2.75) is 5.16 Å². The van der Waals surface area contributed by atoms with Crippen molar-refractivity contribution in [3.8, 4) is 11.8 Å². The van der Waals surface area contributed by atoms with Gasteiger partial charge in [-0.3, -0.25) is 4.57 Å². The van der Waals surface area contributed by atoms with Crippen LogP contribution in [0, 0.1) is 11.3 Å². The standard InChI is InChI=1S/C20H13ClN4OS2/c21-13-4-3-5-14(10-13)25-9-8-23-20(25)27-12-17(26)15(11-22)19-24-16-6-1-2-7-18(16)28-19/h1-10,26H,12H2/b17-15-. The Hall–Kier alpha value is -2.79. The van der Waals surface area contributed by atoms with Crippen LogP contribution in [0.1, 0.15) is 5.01 Å². The molecule has 0 fully saturated rings. The number of aliphatic hydroxyl groups excluding tert-OH is 1. The van der Waals surface area contributed by atoms with E-state index in [2.05, 4.69) is 16.0 Å². The lowest BCUT2D eigenvalue weighted by Crippen LogP contribution is -1.98. The summed E-state index contributed by atoms with van der Waals surface area (Å²) in [5.74, 6) is 0.184. The van der Waals surface area contributed by atoms with Gasteiger partial charge in [-0.2, -0.15) is 5.26 Å². The number of benzene rings is 2. The lowest BCUT2D eigenvalue weighted by atomic mass is 10.2. The van der Waals surface area contributed by atoms with E-state index < -0.39 is 0 Å². The third-order valence-corrected chi connectivity index (χ3v) is 6.21. The number of fused-ring (bicyclic) bond motifs is 1. The Morgan fingerprint density at radius 2 is 2.11 bits per heavy atom. The summed E-state index contributed by atoms with van der Waals surface area (Å²) in [6.07, 6.45) is 3.51. The van der Waals surface area contributed by atoms with E-state index in [0.717, 1.165) is 15.9 Å². The maximum absolute atomic E-state index is 10.5. The number of aromatic nitrogens is 3. The Morgan fingerprint density at radius 1 is 1.25 bits per heavy atom. The number of hydrogen-bond donors (Lipinski definition) is 1. The third kappa shape index (κ3) is 3.76. The molecular weight excluding hydrogens is 412 g/mol. The summed E-state index contributed by atoms with van der Waals surface area (Å²) in [7, 11) is 0. The molecule has 0 amide bonds. The zero-order chi connectivity index (χ0) is 19.5. The van der Waals surface area contributed by atoms with E-state index in [9.17, 15) is 10.4 Å². The molecule has 2 heterocycles. The number of thiazole rings is 1. The van der Waals surface area contributed by atoms with E-state index in [4.69, 9.17) is 11.6 Å². The first-order valence-corrected chi connectivity index (χ1v) is 10.4. The van der Waals surface area contributed by atoms with Crippen LogP contribution in [0.5, 0.6) is 0 Å². The minimum Gasteiger partial charge on any atom is -0.510 e. The Morgan fingerprint density at radius 3 is 2.89 bits per heavy atom. The molecule has 4 aromatic rings. The van der Waals surface area contributed by atoms with Crippen molar-refractivity contribution in [3.05, 3.63) is 76.7 Å². The van der Waals surface area contributed by atoms with E-state index in [-0.39, 0.29) is 17.1 Å². The molecule has 0 aliphatic carbocycles. The number of aliphatic hydroxyl groups is 1. The molecule has 2 aromatic heterocycles. The molecule has 0 saturated heterocycles. The van der Waals surface area contributed by atoms with Crippen LogP contribution in [0.15, 0.2) is 71.8 Å². The number of rotatable bonds is 5. The SMILES string of the molecule is N#C/C(=C(/O)CSc1nccn1-c1cccc(Cl)c1)c1nc2ccccc2s1. The normalized spacial score (nSPS) is 12.0. The second kappa shape index (κ2) is 8.07. The maximum Gasteiger partial charge on any atom is 0.173 e. The summed E-state index contributed by atoms with van der Waals surface area (Å²) in [4.78, 5) is 8.80. The van der Waals surface area contributed by atoms with Crippen LogP contribution in [-0.2, 0) is 0 Å². The molecule has 28 heavy (non-hydrogen) atoms. The van der Waals surface area contributed by atoms with Crippen molar-refractivity contribution in [1.82, 2.24) is 14.5 Å². The highest BCUT2D eigenvalue weighted by Gasteiger charge is 2.15. The van der Waals surface area contributed by atoms with Gasteiger partial charge in [0.2, 0.25) is 0 Å². The minimum absolute atomic E-state index is 0.0211. The Balaban J connectivity index is 1.59. The molecule has 138 valence electrons. The van der Waals surface area contributed by atoms with Gasteiger partial charge in [-0.15, -0.1) is 11.3 Å². The van der Waals surface area contributed by atoms with Gasteiger partial charge in [-0.25, -0.2) is 9.97 Å². The smallest absolute Gasteiger partial charge is 0.173 e. The number of nitrogens with zero attached hydrogens (tertiary/aromatic N) is 4. The fourth-order valence-corrected chi connectivity index (χ4v) is 4.66. The van der Waals surface area contributed by atoms with Gasteiger partial charge in [-0.1, -0.05) is 41.6 Å². The van der Waals surface area contributed by atoms with Gasteiger partial charge in [0, 0.05) is 23.1 Å². The van der Waals surface area contributed by atoms with Gasteiger partial charge in [0.05, 0.1) is 16.0 Å². The van der Waals surface area contributed by atoms with Crippen molar-refractivity contribution < 1.29 is 5.11 Å². The second-order valence-electron chi connectivity index (χ2n) is 5.77. The van der Waals surface area contributed by atoms with E-state index in [1.165, 1.54) is 23.1 Å². The van der Waals surface area contributed by atoms with Crippen molar-refractivity contribution in [2.24, 2.45) is 0 Å². The molecule has 1 N–H and O–H groups in total. The van der Waals surface area contributed by atoms with Gasteiger partial charge in [0.15, 0.2) is 5.16 Å². The number of allylic oxidation sites excluding steroid dienone is 1. The number of para-hydroxylation sites is 1. The topological polar surface area (TPSA) is 74.7 Å². The van der Waals surface area contributed by atoms with E-state index in [1.807, 2.05) is 53.2 Å². The molecule has 0 saturated carbocycles. The summed E-state index contributed by atoms with van der Waals surface area (Å²) >= 11 is 8.79. The average molecular weight is 425 g/mol. The van der Waals surface area contributed by atoms with Crippen molar-refractivity contribution >= 4 is 50.5 Å². The molecule has 4 rings (SSSR count). The van der Waals surface area contributed by atoms with Crippen LogP contribution in [0.3, 0.4) is 0 Å². The molecule has 8 heteroatoms. The fourth-order valence-electron chi connectivity index (χ4n) is 2.64. The summed E-state index contributed by atoms with van der Waals surface area (Å²) in [6.45, 7) is 0. The summed E-state index contributed by atoms with van der Waals surface area (Å²) in [5, 5.41) is 21.9. The third-order valence-electron chi connectivity index (χ3n) is 3.94. The zero-order valence-electron chi connectivity index (χ0n) is 14.4. The van der Waals surface area contributed by atoms with E-state index in [1.54, 1.807) is 12.3 Å². The molecule has 0 spiro atoms. The highest BCUT2D eigenvalue weighted by molar-refractivity contribution is 7.99. The van der Waals surface area contributed by atoms with Gasteiger partial charge in [0.1, 0.15) is 22.4 Å². The first-order valence-electron chi connectivity index (χ1n) is 8.26.